The maximum absolute atomic E-state index is 12.9. The highest BCUT2D eigenvalue weighted by molar-refractivity contribution is 5.79. The number of nitrogens with zero attached hydrogens (tertiary/aromatic N) is 4. The number of carbonyl (C=O) groups excluding carboxylic acids is 1. The summed E-state index contributed by atoms with van der Waals surface area (Å²) in [5, 5.41) is 0. The first kappa shape index (κ1) is 19.9. The fourth-order valence-electron chi connectivity index (χ4n) is 4.58. The molecule has 2 fully saturated rings. The van der Waals surface area contributed by atoms with Gasteiger partial charge in [-0.15, -0.1) is 0 Å². The molecule has 5 nitrogen and oxygen atoms in total. The molecule has 1 aromatic heterocycles. The van der Waals surface area contributed by atoms with E-state index in [-0.39, 0.29) is 5.92 Å². The minimum absolute atomic E-state index is 0.256. The van der Waals surface area contributed by atoms with Crippen molar-refractivity contribution in [3.63, 3.8) is 0 Å². The predicted octanol–water partition coefficient (Wildman–Crippen LogP) is 4.30. The van der Waals surface area contributed by atoms with E-state index >= 15 is 0 Å². The molecule has 2 aromatic rings. The number of aromatic nitrogens is 2. The zero-order chi connectivity index (χ0) is 20.4. The van der Waals surface area contributed by atoms with Gasteiger partial charge in [-0.1, -0.05) is 43.0 Å². The largest absolute Gasteiger partial charge is 0.353 e. The van der Waals surface area contributed by atoms with Crippen LogP contribution in [0.25, 0.3) is 11.4 Å². The fraction of sp³-hybridized carbons (Fsp3) is 0.542. The number of benzene rings is 1. The third-order valence-corrected chi connectivity index (χ3v) is 6.49. The molecule has 0 N–H and O–H groups in total. The van der Waals surface area contributed by atoms with Gasteiger partial charge in [-0.25, -0.2) is 9.97 Å². The molecule has 1 aliphatic heterocycles. The van der Waals surface area contributed by atoms with Crippen LogP contribution in [0.4, 0.5) is 5.82 Å². The smallest absolute Gasteiger partial charge is 0.225 e. The van der Waals surface area contributed by atoms with E-state index in [4.69, 9.17) is 9.97 Å². The van der Waals surface area contributed by atoms with Crippen LogP contribution in [0.15, 0.2) is 24.3 Å². The molecule has 1 saturated carbocycles. The second-order valence-corrected chi connectivity index (χ2v) is 8.60. The number of aryl methyl sites for hydroxylation is 2. The van der Waals surface area contributed by atoms with Crippen molar-refractivity contribution in [2.75, 3.05) is 31.1 Å². The van der Waals surface area contributed by atoms with Crippen molar-refractivity contribution in [1.82, 2.24) is 14.9 Å². The first-order valence-electron chi connectivity index (χ1n) is 11.0. The summed E-state index contributed by atoms with van der Waals surface area (Å²) in [6, 6.07) is 8.35. The van der Waals surface area contributed by atoms with Gasteiger partial charge in [0, 0.05) is 48.9 Å². The van der Waals surface area contributed by atoms with E-state index in [9.17, 15) is 4.79 Å². The van der Waals surface area contributed by atoms with E-state index < -0.39 is 0 Å². The topological polar surface area (TPSA) is 49.3 Å². The third-order valence-electron chi connectivity index (χ3n) is 6.49. The summed E-state index contributed by atoms with van der Waals surface area (Å²) >= 11 is 0. The summed E-state index contributed by atoms with van der Waals surface area (Å²) in [5.74, 6) is 2.43. The summed E-state index contributed by atoms with van der Waals surface area (Å²) in [4.78, 5) is 27.0. The van der Waals surface area contributed by atoms with Crippen LogP contribution in [0.5, 0.6) is 0 Å². The molecule has 2 heterocycles. The van der Waals surface area contributed by atoms with E-state index in [1.165, 1.54) is 24.8 Å². The Morgan fingerprint density at radius 2 is 1.69 bits per heavy atom. The Morgan fingerprint density at radius 3 is 2.38 bits per heavy atom. The van der Waals surface area contributed by atoms with E-state index in [2.05, 4.69) is 54.8 Å². The quantitative estimate of drug-likeness (QED) is 0.781. The Hall–Kier alpha value is -2.43. The van der Waals surface area contributed by atoms with E-state index in [1.54, 1.807) is 0 Å². The highest BCUT2D eigenvalue weighted by atomic mass is 16.2. The Balaban J connectivity index is 1.50. The van der Waals surface area contributed by atoms with Gasteiger partial charge in [-0.2, -0.15) is 0 Å². The summed E-state index contributed by atoms with van der Waals surface area (Å²) in [6.45, 7) is 9.50. The minimum Gasteiger partial charge on any atom is -0.353 e. The van der Waals surface area contributed by atoms with Crippen LogP contribution in [0, 0.1) is 26.7 Å². The van der Waals surface area contributed by atoms with Gasteiger partial charge in [-0.05, 0) is 39.7 Å². The molecule has 0 unspecified atom stereocenters. The van der Waals surface area contributed by atoms with Crippen molar-refractivity contribution in [2.24, 2.45) is 5.92 Å². The van der Waals surface area contributed by atoms with Gasteiger partial charge in [0.1, 0.15) is 5.82 Å². The molecule has 1 amide bonds. The molecule has 29 heavy (non-hydrogen) atoms. The average Bonchev–Trinajstić information content (AvgIpc) is 2.76. The van der Waals surface area contributed by atoms with Crippen molar-refractivity contribution in [1.29, 1.82) is 0 Å². The van der Waals surface area contributed by atoms with Crippen molar-refractivity contribution in [3.05, 3.63) is 41.1 Å². The SMILES string of the molecule is Cc1cccc(-c2nc(C)c(C)c(N3CCN(C(=O)C4CCCCC4)CC3)n2)c1. The molecule has 0 atom stereocenters. The lowest BCUT2D eigenvalue weighted by atomic mass is 9.88. The van der Waals surface area contributed by atoms with Gasteiger partial charge in [0.2, 0.25) is 5.91 Å². The number of rotatable bonds is 3. The van der Waals surface area contributed by atoms with Crippen molar-refractivity contribution in [2.45, 2.75) is 52.9 Å². The maximum Gasteiger partial charge on any atom is 0.225 e. The van der Waals surface area contributed by atoms with E-state index in [0.29, 0.717) is 5.91 Å². The Labute approximate surface area is 174 Å². The zero-order valence-corrected chi connectivity index (χ0v) is 17.9. The van der Waals surface area contributed by atoms with Crippen molar-refractivity contribution >= 4 is 11.7 Å². The average molecular weight is 393 g/mol. The number of hydrogen-bond acceptors (Lipinski definition) is 4. The lowest BCUT2D eigenvalue weighted by molar-refractivity contribution is -0.136. The minimum atomic E-state index is 0.256. The number of anilines is 1. The number of amides is 1. The van der Waals surface area contributed by atoms with Crippen LogP contribution in [0.1, 0.15) is 48.9 Å². The summed E-state index contributed by atoms with van der Waals surface area (Å²) in [6.07, 6.45) is 5.84. The van der Waals surface area contributed by atoms with Gasteiger partial charge in [0.05, 0.1) is 0 Å². The lowest BCUT2D eigenvalue weighted by Crippen LogP contribution is -2.51. The highest BCUT2D eigenvalue weighted by Crippen LogP contribution is 2.28. The van der Waals surface area contributed by atoms with Gasteiger partial charge in [0.15, 0.2) is 5.82 Å². The third kappa shape index (κ3) is 4.29. The predicted molar refractivity (Wildman–Crippen MR) is 117 cm³/mol. The van der Waals surface area contributed by atoms with E-state index in [1.807, 2.05) is 0 Å². The van der Waals surface area contributed by atoms with Gasteiger partial charge < -0.3 is 9.80 Å². The molecule has 4 rings (SSSR count). The summed E-state index contributed by atoms with van der Waals surface area (Å²) < 4.78 is 0. The standard InChI is InChI=1S/C24H32N4O/c1-17-8-7-11-21(16-17)22-25-19(3)18(2)23(26-22)27-12-14-28(15-13-27)24(29)20-9-5-4-6-10-20/h7-8,11,16,20H,4-6,9-10,12-15H2,1-3H3. The van der Waals surface area contributed by atoms with Crippen LogP contribution in [0.2, 0.25) is 0 Å². The van der Waals surface area contributed by atoms with Crippen LogP contribution in [0.3, 0.4) is 0 Å². The van der Waals surface area contributed by atoms with Gasteiger partial charge >= 0.3 is 0 Å². The Morgan fingerprint density at radius 1 is 0.966 bits per heavy atom. The normalized spacial score (nSPS) is 18.2. The summed E-state index contributed by atoms with van der Waals surface area (Å²) in [5.41, 5.74) is 4.42. The first-order valence-corrected chi connectivity index (χ1v) is 11.0. The zero-order valence-electron chi connectivity index (χ0n) is 17.9. The molecule has 5 heteroatoms. The Bertz CT molecular complexity index is 880. The first-order chi connectivity index (χ1) is 14.0. The number of piperazine rings is 1. The molecule has 1 aromatic carbocycles. The number of carbonyl (C=O) groups is 1. The van der Waals surface area contributed by atoms with Crippen LogP contribution in [-0.2, 0) is 4.79 Å². The Kier molecular flexibility index (Phi) is 5.84. The molecule has 0 spiro atoms. The summed E-state index contributed by atoms with van der Waals surface area (Å²) in [7, 11) is 0. The molecular formula is C24H32N4O. The van der Waals surface area contributed by atoms with Crippen LogP contribution >= 0.6 is 0 Å². The van der Waals surface area contributed by atoms with E-state index in [0.717, 1.165) is 67.5 Å². The fourth-order valence-corrected chi connectivity index (χ4v) is 4.58. The number of hydrogen-bond donors (Lipinski definition) is 0. The second kappa shape index (κ2) is 8.52. The molecule has 0 bridgehead atoms. The molecule has 2 aliphatic rings. The van der Waals surface area contributed by atoms with Crippen molar-refractivity contribution < 1.29 is 4.79 Å². The maximum atomic E-state index is 12.9. The van der Waals surface area contributed by atoms with Crippen LogP contribution in [-0.4, -0.2) is 47.0 Å². The monoisotopic (exact) mass is 392 g/mol. The molecule has 0 radical (unpaired) electrons. The van der Waals surface area contributed by atoms with Crippen LogP contribution < -0.4 is 4.90 Å². The van der Waals surface area contributed by atoms with Gasteiger partial charge in [0.25, 0.3) is 0 Å². The highest BCUT2D eigenvalue weighted by Gasteiger charge is 2.29. The van der Waals surface area contributed by atoms with Gasteiger partial charge in [-0.3, -0.25) is 4.79 Å². The van der Waals surface area contributed by atoms with Crippen molar-refractivity contribution in [3.8, 4) is 11.4 Å². The molecule has 154 valence electrons. The molecular weight excluding hydrogens is 360 g/mol. The molecule has 1 aliphatic carbocycles. The lowest BCUT2D eigenvalue weighted by Gasteiger charge is -2.38. The second-order valence-electron chi connectivity index (χ2n) is 8.60. The molecule has 1 saturated heterocycles.